The molecule has 0 saturated heterocycles. The molecule has 1 rings (SSSR count). The van der Waals surface area contributed by atoms with Gasteiger partial charge < -0.3 is 0 Å². The van der Waals surface area contributed by atoms with Gasteiger partial charge in [-0.3, -0.25) is 4.79 Å². The third-order valence-corrected chi connectivity index (χ3v) is 4.27. The zero-order chi connectivity index (χ0) is 10.2. The van der Waals surface area contributed by atoms with Crippen molar-refractivity contribution in [3.8, 4) is 0 Å². The van der Waals surface area contributed by atoms with Crippen molar-refractivity contribution >= 4 is 15.9 Å². The molecule has 1 amide bonds. The highest BCUT2D eigenvalue weighted by molar-refractivity contribution is 7.94. The Kier molecular flexibility index (Phi) is 2.47. The predicted octanol–water partition coefficient (Wildman–Crippen LogP) is 0.862. The molecule has 1 aliphatic rings. The highest BCUT2D eigenvalue weighted by atomic mass is 32.2. The average Bonchev–Trinajstić information content (AvgIpc) is 2.25. The van der Waals surface area contributed by atoms with E-state index >= 15 is 0 Å². The summed E-state index contributed by atoms with van der Waals surface area (Å²) in [6.07, 6.45) is 0.868. The molecule has 0 atom stereocenters. The lowest BCUT2D eigenvalue weighted by molar-refractivity contribution is -0.121. The average molecular weight is 203 g/mol. The van der Waals surface area contributed by atoms with E-state index in [-0.39, 0.29) is 10.8 Å². The van der Waals surface area contributed by atoms with Gasteiger partial charge >= 0.3 is 0 Å². The first kappa shape index (κ1) is 10.2. The Morgan fingerprint density at radius 2 is 1.77 bits per heavy atom. The summed E-state index contributed by atoms with van der Waals surface area (Å²) in [6.45, 7) is 3.53. The monoisotopic (exact) mass is 203 g/mol. The zero-order valence-electron chi connectivity index (χ0n) is 7.99. The maximum atomic E-state index is 11.6. The van der Waals surface area contributed by atoms with Crippen molar-refractivity contribution < 1.29 is 13.2 Å². The van der Waals surface area contributed by atoms with Crippen LogP contribution in [-0.2, 0) is 14.8 Å². The maximum Gasteiger partial charge on any atom is 0.264 e. The highest BCUT2D eigenvalue weighted by Gasteiger charge is 2.38. The van der Waals surface area contributed by atoms with Crippen LogP contribution in [0.25, 0.3) is 0 Å². The second-order valence-corrected chi connectivity index (χ2v) is 4.88. The topological polar surface area (TPSA) is 54.5 Å². The van der Waals surface area contributed by atoms with Crippen molar-refractivity contribution in [2.45, 2.75) is 26.7 Å². The van der Waals surface area contributed by atoms with Crippen LogP contribution in [-0.4, -0.2) is 25.7 Å². The van der Waals surface area contributed by atoms with Gasteiger partial charge in [0.15, 0.2) is 0 Å². The van der Waals surface area contributed by atoms with E-state index in [1.54, 1.807) is 13.8 Å². The number of carbonyl (C=O) groups is 1. The van der Waals surface area contributed by atoms with Crippen LogP contribution in [0.5, 0.6) is 0 Å². The molecule has 0 aromatic rings. The molecule has 1 heterocycles. The van der Waals surface area contributed by atoms with Gasteiger partial charge in [-0.1, -0.05) is 13.8 Å². The number of amides is 1. The van der Waals surface area contributed by atoms with Gasteiger partial charge in [-0.2, -0.15) is 0 Å². The molecule has 0 fully saturated rings. The van der Waals surface area contributed by atoms with Crippen molar-refractivity contribution in [1.29, 1.82) is 0 Å². The molecule has 0 bridgehead atoms. The van der Waals surface area contributed by atoms with Gasteiger partial charge in [-0.15, -0.1) is 0 Å². The van der Waals surface area contributed by atoms with E-state index in [1.165, 1.54) is 7.05 Å². The van der Waals surface area contributed by atoms with Gasteiger partial charge in [0.05, 0.1) is 4.91 Å². The molecular formula is C8H13NO3S. The van der Waals surface area contributed by atoms with E-state index in [0.29, 0.717) is 18.4 Å². The molecule has 0 aromatic carbocycles. The van der Waals surface area contributed by atoms with Crippen LogP contribution in [0.3, 0.4) is 0 Å². The van der Waals surface area contributed by atoms with Gasteiger partial charge in [0.1, 0.15) is 0 Å². The summed E-state index contributed by atoms with van der Waals surface area (Å²) in [5, 5.41) is 0. The smallest absolute Gasteiger partial charge is 0.264 e. The normalized spacial score (nSPS) is 21.5. The van der Waals surface area contributed by atoms with Crippen molar-refractivity contribution in [3.05, 3.63) is 10.5 Å². The highest BCUT2D eigenvalue weighted by Crippen LogP contribution is 2.30. The van der Waals surface area contributed by atoms with Crippen LogP contribution in [0, 0.1) is 0 Å². The number of sulfonamides is 1. The van der Waals surface area contributed by atoms with Gasteiger partial charge in [-0.25, -0.2) is 12.7 Å². The molecule has 1 aliphatic heterocycles. The van der Waals surface area contributed by atoms with Crippen molar-refractivity contribution in [1.82, 2.24) is 4.31 Å². The van der Waals surface area contributed by atoms with E-state index < -0.39 is 10.0 Å². The molecule has 74 valence electrons. The van der Waals surface area contributed by atoms with E-state index in [2.05, 4.69) is 0 Å². The van der Waals surface area contributed by atoms with Crippen molar-refractivity contribution in [2.24, 2.45) is 0 Å². The van der Waals surface area contributed by atoms with Crippen LogP contribution < -0.4 is 0 Å². The lowest BCUT2D eigenvalue weighted by atomic mass is 10.1. The van der Waals surface area contributed by atoms with E-state index in [9.17, 15) is 13.2 Å². The molecule has 13 heavy (non-hydrogen) atoms. The molecule has 5 heteroatoms. The molecule has 0 saturated carbocycles. The number of carbonyl (C=O) groups excluding carboxylic acids is 1. The number of hydrogen-bond acceptors (Lipinski definition) is 3. The minimum atomic E-state index is -3.46. The minimum absolute atomic E-state index is 0.280. The maximum absolute atomic E-state index is 11.6. The molecule has 4 nitrogen and oxygen atoms in total. The summed E-state index contributed by atoms with van der Waals surface area (Å²) in [6, 6.07) is 0. The summed E-state index contributed by atoms with van der Waals surface area (Å²) in [5.41, 5.74) is 0.435. The van der Waals surface area contributed by atoms with Crippen molar-refractivity contribution in [3.63, 3.8) is 0 Å². The van der Waals surface area contributed by atoms with E-state index in [4.69, 9.17) is 0 Å². The predicted molar refractivity (Wildman–Crippen MR) is 49.3 cm³/mol. The standard InChI is InChI=1S/C8H13NO3S/c1-4-6-7(5-2)13(11,12)9(3)8(6)10/h4-5H2,1-3H3. The Morgan fingerprint density at radius 3 is 2.08 bits per heavy atom. The zero-order valence-corrected chi connectivity index (χ0v) is 8.81. The summed E-state index contributed by atoms with van der Waals surface area (Å²) >= 11 is 0. The Balaban J connectivity index is 3.36. The van der Waals surface area contributed by atoms with Gasteiger partial charge in [0, 0.05) is 12.6 Å². The van der Waals surface area contributed by atoms with Gasteiger partial charge in [0.25, 0.3) is 15.9 Å². The van der Waals surface area contributed by atoms with Crippen LogP contribution in [0.1, 0.15) is 26.7 Å². The fourth-order valence-electron chi connectivity index (χ4n) is 1.48. The largest absolute Gasteiger partial charge is 0.268 e. The minimum Gasteiger partial charge on any atom is -0.268 e. The Labute approximate surface area is 78.3 Å². The molecule has 0 aromatic heterocycles. The fraction of sp³-hybridized carbons (Fsp3) is 0.625. The third kappa shape index (κ3) is 1.27. The molecular weight excluding hydrogens is 190 g/mol. The lowest BCUT2D eigenvalue weighted by Crippen LogP contribution is -2.26. The van der Waals surface area contributed by atoms with Gasteiger partial charge in [-0.05, 0) is 12.8 Å². The van der Waals surface area contributed by atoms with Crippen molar-refractivity contribution in [2.75, 3.05) is 7.05 Å². The second-order valence-electron chi connectivity index (χ2n) is 2.89. The first-order chi connectivity index (χ1) is 5.96. The lowest BCUT2D eigenvalue weighted by Gasteiger charge is -2.08. The van der Waals surface area contributed by atoms with Crippen LogP contribution in [0.2, 0.25) is 0 Å². The summed E-state index contributed by atoms with van der Waals surface area (Å²) in [7, 11) is -2.16. The molecule has 0 spiro atoms. The van der Waals surface area contributed by atoms with Gasteiger partial charge in [0.2, 0.25) is 0 Å². The Bertz CT molecular complexity index is 367. The number of nitrogens with zero attached hydrogens (tertiary/aromatic N) is 1. The molecule has 0 aliphatic carbocycles. The third-order valence-electron chi connectivity index (χ3n) is 2.23. The van der Waals surface area contributed by atoms with E-state index in [0.717, 1.165) is 4.31 Å². The summed E-state index contributed by atoms with van der Waals surface area (Å²) < 4.78 is 23.9. The number of rotatable bonds is 2. The summed E-state index contributed by atoms with van der Waals surface area (Å²) in [5.74, 6) is -0.376. The summed E-state index contributed by atoms with van der Waals surface area (Å²) in [4.78, 5) is 11.7. The van der Waals surface area contributed by atoms with E-state index in [1.807, 2.05) is 0 Å². The second kappa shape index (κ2) is 3.14. The Morgan fingerprint density at radius 1 is 1.23 bits per heavy atom. The Hall–Kier alpha value is -0.840. The molecule has 0 unspecified atom stereocenters. The van der Waals surface area contributed by atoms with Crippen LogP contribution in [0.15, 0.2) is 10.5 Å². The number of allylic oxidation sites excluding steroid dienone is 1. The number of likely N-dealkylation sites (N-methyl/N-ethyl adjacent to an activating group) is 1. The quantitative estimate of drug-likeness (QED) is 0.669. The number of hydrogen-bond donors (Lipinski definition) is 0. The molecule has 0 N–H and O–H groups in total. The van der Waals surface area contributed by atoms with Crippen LogP contribution in [0.4, 0.5) is 0 Å². The molecule has 0 radical (unpaired) electrons. The first-order valence-corrected chi connectivity index (χ1v) is 5.66. The fourth-order valence-corrected chi connectivity index (χ4v) is 3.05. The first-order valence-electron chi connectivity index (χ1n) is 4.22. The SMILES string of the molecule is CCC1=C(CC)S(=O)(=O)N(C)C1=O. The van der Waals surface area contributed by atoms with Crippen LogP contribution >= 0.6 is 0 Å².